The molecule has 0 saturated heterocycles. The molecule has 0 aliphatic carbocycles. The molecular formula is C33H36N8O3S. The highest BCUT2D eigenvalue weighted by atomic mass is 32.2. The molecule has 0 bridgehead atoms. The fourth-order valence-corrected chi connectivity index (χ4v) is 6.74. The normalized spacial score (nSPS) is 15.8. The lowest BCUT2D eigenvalue weighted by atomic mass is 9.93. The molecule has 0 saturated carbocycles. The molecule has 12 heteroatoms. The number of amides is 1. The Morgan fingerprint density at radius 1 is 1.13 bits per heavy atom. The van der Waals surface area contributed by atoms with Crippen LogP contribution in [0.15, 0.2) is 70.3 Å². The Balaban J connectivity index is 1.33. The first-order chi connectivity index (χ1) is 21.5. The van der Waals surface area contributed by atoms with Crippen LogP contribution in [0, 0.1) is 6.92 Å². The Morgan fingerprint density at radius 3 is 2.53 bits per heavy atom. The van der Waals surface area contributed by atoms with E-state index in [1.54, 1.807) is 9.58 Å². The highest BCUT2D eigenvalue weighted by molar-refractivity contribution is 7.88. The molecule has 232 valence electrons. The van der Waals surface area contributed by atoms with Gasteiger partial charge in [-0.1, -0.05) is 30.3 Å². The summed E-state index contributed by atoms with van der Waals surface area (Å²) in [4.78, 5) is 28.0. The molecule has 4 heterocycles. The topological polar surface area (TPSA) is 128 Å². The van der Waals surface area contributed by atoms with Gasteiger partial charge in [-0.15, -0.1) is 0 Å². The second kappa shape index (κ2) is 11.6. The number of guanidine groups is 1. The SMILES string of the molecule is C=N/C(=N\C(=C(C)C)c1c[nH]c2c(N3Cc4c(cccc4C4=CCN(S(C)(=O)=O)CC4)C3=O)cccc12)Nc1cc(C)n(C)n1. The predicted molar refractivity (Wildman–Crippen MR) is 181 cm³/mol. The molecule has 2 aliphatic rings. The predicted octanol–water partition coefficient (Wildman–Crippen LogP) is 5.34. The number of anilines is 2. The van der Waals surface area contributed by atoms with Crippen molar-refractivity contribution in [2.75, 3.05) is 29.6 Å². The molecule has 2 aromatic carbocycles. The van der Waals surface area contributed by atoms with Crippen LogP contribution in [-0.2, 0) is 23.6 Å². The third-order valence-electron chi connectivity index (χ3n) is 8.39. The Hall–Kier alpha value is -4.81. The third kappa shape index (κ3) is 5.62. The molecule has 6 rings (SSSR count). The average molecular weight is 625 g/mol. The van der Waals surface area contributed by atoms with E-state index in [2.05, 4.69) is 27.1 Å². The van der Waals surface area contributed by atoms with Gasteiger partial charge in [-0.05, 0) is 68.3 Å². The first kappa shape index (κ1) is 30.2. The number of carbonyl (C=O) groups excluding carboxylic acids is 1. The summed E-state index contributed by atoms with van der Waals surface area (Å²) in [5, 5.41) is 8.51. The summed E-state index contributed by atoms with van der Waals surface area (Å²) in [7, 11) is -1.38. The van der Waals surface area contributed by atoms with Gasteiger partial charge >= 0.3 is 0 Å². The number of nitrogens with one attached hydrogen (secondary N) is 2. The number of aryl methyl sites for hydroxylation is 2. The number of hydrogen-bond acceptors (Lipinski definition) is 5. The standard InChI is InChI=1S/C33H36N8O3S/c1-20(2)30(37-33(34-4)36-29-17-21(3)39(5)38-29)26-18-35-31-24(26)10-8-12-28(31)41-19-27-23(9-7-11-25(27)32(41)42)22-13-15-40(16-14-22)45(6,43)44/h7-13,17-18,35H,4,14-16,19H2,1-3,5-6H3,(H,36,37,38). The molecular weight excluding hydrogens is 588 g/mol. The van der Waals surface area contributed by atoms with Gasteiger partial charge in [0.05, 0.1) is 29.7 Å². The number of fused-ring (bicyclic) bond motifs is 2. The second-order valence-electron chi connectivity index (χ2n) is 11.6. The fraction of sp³-hybridized carbons (Fsp3) is 0.273. The molecule has 2 aromatic heterocycles. The number of benzene rings is 2. The molecule has 11 nitrogen and oxygen atoms in total. The van der Waals surface area contributed by atoms with Crippen molar-refractivity contribution in [2.45, 2.75) is 33.7 Å². The molecule has 45 heavy (non-hydrogen) atoms. The summed E-state index contributed by atoms with van der Waals surface area (Å²) in [6.45, 7) is 10.8. The number of H-pyrrole nitrogens is 1. The Labute approximate surface area is 262 Å². The van der Waals surface area contributed by atoms with Crippen molar-refractivity contribution in [2.24, 2.45) is 17.0 Å². The monoisotopic (exact) mass is 624 g/mol. The number of carbonyl (C=O) groups is 1. The summed E-state index contributed by atoms with van der Waals surface area (Å²) >= 11 is 0. The number of hydrogen-bond donors (Lipinski definition) is 2. The van der Waals surface area contributed by atoms with Crippen LogP contribution in [0.2, 0.25) is 0 Å². The van der Waals surface area contributed by atoms with Gasteiger partial charge < -0.3 is 15.2 Å². The molecule has 0 fully saturated rings. The van der Waals surface area contributed by atoms with Gasteiger partial charge in [0, 0.05) is 54.6 Å². The quantitative estimate of drug-likeness (QED) is 0.221. The number of aromatic amines is 1. The lowest BCUT2D eigenvalue weighted by molar-refractivity contribution is 0.0997. The molecule has 0 radical (unpaired) electrons. The highest BCUT2D eigenvalue weighted by Crippen LogP contribution is 2.39. The van der Waals surface area contributed by atoms with Crippen molar-refractivity contribution >= 4 is 62.3 Å². The maximum Gasteiger partial charge on any atom is 0.259 e. The van der Waals surface area contributed by atoms with Gasteiger partial charge in [0.1, 0.15) is 0 Å². The van der Waals surface area contributed by atoms with Crippen LogP contribution in [0.3, 0.4) is 0 Å². The summed E-state index contributed by atoms with van der Waals surface area (Å²) in [6.07, 6.45) is 5.70. The van der Waals surface area contributed by atoms with Crippen LogP contribution in [-0.4, -0.2) is 65.4 Å². The van der Waals surface area contributed by atoms with E-state index in [0.717, 1.165) is 55.8 Å². The van der Waals surface area contributed by atoms with E-state index < -0.39 is 10.0 Å². The largest absolute Gasteiger partial charge is 0.359 e. The smallest absolute Gasteiger partial charge is 0.259 e. The van der Waals surface area contributed by atoms with Gasteiger partial charge in [-0.2, -0.15) is 9.40 Å². The van der Waals surface area contributed by atoms with Crippen molar-refractivity contribution < 1.29 is 13.2 Å². The fourth-order valence-electron chi connectivity index (χ4n) is 5.97. The minimum atomic E-state index is -3.25. The van der Waals surface area contributed by atoms with Crippen molar-refractivity contribution in [3.05, 3.63) is 88.3 Å². The number of aromatic nitrogens is 3. The zero-order valence-electron chi connectivity index (χ0n) is 26.0. The molecule has 0 atom stereocenters. The lowest BCUT2D eigenvalue weighted by Gasteiger charge is -2.25. The number of aliphatic imine (C=N–C) groups is 2. The number of allylic oxidation sites excluding steroid dienone is 1. The van der Waals surface area contributed by atoms with Crippen LogP contribution in [0.25, 0.3) is 22.2 Å². The summed E-state index contributed by atoms with van der Waals surface area (Å²) < 4.78 is 27.3. The highest BCUT2D eigenvalue weighted by Gasteiger charge is 2.33. The van der Waals surface area contributed by atoms with Crippen molar-refractivity contribution in [1.82, 2.24) is 19.1 Å². The van der Waals surface area contributed by atoms with Crippen LogP contribution >= 0.6 is 0 Å². The molecule has 0 spiro atoms. The third-order valence-corrected chi connectivity index (χ3v) is 9.66. The average Bonchev–Trinajstić information content (AvgIpc) is 3.69. The van der Waals surface area contributed by atoms with E-state index in [9.17, 15) is 13.2 Å². The van der Waals surface area contributed by atoms with Gasteiger partial charge in [0.2, 0.25) is 16.0 Å². The Bertz CT molecular complexity index is 2040. The number of rotatable bonds is 6. The van der Waals surface area contributed by atoms with Gasteiger partial charge in [0.25, 0.3) is 5.91 Å². The van der Waals surface area contributed by atoms with Gasteiger partial charge in [-0.3, -0.25) is 9.48 Å². The molecule has 2 aliphatic heterocycles. The lowest BCUT2D eigenvalue weighted by Crippen LogP contribution is -2.33. The van der Waals surface area contributed by atoms with Crippen molar-refractivity contribution in [3.8, 4) is 0 Å². The maximum absolute atomic E-state index is 13.8. The number of sulfonamides is 1. The van der Waals surface area contributed by atoms with Crippen LogP contribution in [0.4, 0.5) is 11.5 Å². The van der Waals surface area contributed by atoms with E-state index >= 15 is 0 Å². The van der Waals surface area contributed by atoms with E-state index in [0.29, 0.717) is 43.4 Å². The molecule has 1 amide bonds. The van der Waals surface area contributed by atoms with E-state index in [1.807, 2.05) is 82.6 Å². The second-order valence-corrected chi connectivity index (χ2v) is 13.6. The first-order valence-electron chi connectivity index (χ1n) is 14.7. The number of para-hydroxylation sites is 1. The van der Waals surface area contributed by atoms with Crippen LogP contribution in [0.5, 0.6) is 0 Å². The zero-order chi connectivity index (χ0) is 32.0. The maximum atomic E-state index is 13.8. The van der Waals surface area contributed by atoms with E-state index in [-0.39, 0.29) is 5.91 Å². The van der Waals surface area contributed by atoms with E-state index in [4.69, 9.17) is 4.99 Å². The van der Waals surface area contributed by atoms with Gasteiger partial charge in [-0.25, -0.2) is 18.4 Å². The van der Waals surface area contributed by atoms with Crippen molar-refractivity contribution in [1.29, 1.82) is 0 Å². The molecule has 4 aromatic rings. The minimum Gasteiger partial charge on any atom is -0.359 e. The van der Waals surface area contributed by atoms with E-state index in [1.165, 1.54) is 10.6 Å². The summed E-state index contributed by atoms with van der Waals surface area (Å²) in [5.74, 6) is 0.876. The minimum absolute atomic E-state index is 0.0712. The molecule has 2 N–H and O–H groups in total. The summed E-state index contributed by atoms with van der Waals surface area (Å²) in [5.41, 5.74) is 8.85. The Morgan fingerprint density at radius 2 is 1.89 bits per heavy atom. The molecule has 0 unspecified atom stereocenters. The Kier molecular flexibility index (Phi) is 7.79. The summed E-state index contributed by atoms with van der Waals surface area (Å²) in [6, 6.07) is 13.6. The van der Waals surface area contributed by atoms with Crippen LogP contribution < -0.4 is 10.2 Å². The zero-order valence-corrected chi connectivity index (χ0v) is 26.9. The number of nitrogens with zero attached hydrogens (tertiary/aromatic N) is 6. The van der Waals surface area contributed by atoms with Crippen molar-refractivity contribution in [3.63, 3.8) is 0 Å². The van der Waals surface area contributed by atoms with Crippen LogP contribution in [0.1, 0.15) is 53.0 Å². The van der Waals surface area contributed by atoms with Gasteiger partial charge in [0.15, 0.2) is 5.82 Å². The first-order valence-corrected chi connectivity index (χ1v) is 16.5.